The average Bonchev–Trinajstić information content (AvgIpc) is 3.66. The molecule has 4 rings (SSSR count). The van der Waals surface area contributed by atoms with Gasteiger partial charge in [-0.1, -0.05) is 13.0 Å². The number of rotatable bonds is 9. The minimum Gasteiger partial charge on any atom is -0.307 e. The lowest BCUT2D eigenvalue weighted by atomic mass is 10.1. The SMILES string of the molecule is CCCN(C(=O)c1cccc(N(C(C)=O)c2ccc(S(=O)(=O)CC3CC3)cc2)c1)c1cccnc1. The maximum Gasteiger partial charge on any atom is 0.258 e. The van der Waals surface area contributed by atoms with E-state index in [1.807, 2.05) is 13.0 Å². The number of benzene rings is 2. The molecule has 2 aromatic carbocycles. The summed E-state index contributed by atoms with van der Waals surface area (Å²) < 4.78 is 25.2. The summed E-state index contributed by atoms with van der Waals surface area (Å²) in [5, 5.41) is 0. The van der Waals surface area contributed by atoms with E-state index in [4.69, 9.17) is 0 Å². The van der Waals surface area contributed by atoms with Crippen molar-refractivity contribution in [3.05, 3.63) is 78.6 Å². The van der Waals surface area contributed by atoms with Crippen LogP contribution in [0.15, 0.2) is 78.0 Å². The molecule has 1 heterocycles. The number of hydrogen-bond acceptors (Lipinski definition) is 5. The molecule has 0 N–H and O–H groups in total. The normalized spacial score (nSPS) is 13.3. The number of nitrogens with zero attached hydrogens (tertiary/aromatic N) is 3. The van der Waals surface area contributed by atoms with Gasteiger partial charge in [0.15, 0.2) is 9.84 Å². The minimum absolute atomic E-state index is 0.165. The number of pyridine rings is 1. The Bertz CT molecular complexity index is 1300. The first-order chi connectivity index (χ1) is 16.8. The van der Waals surface area contributed by atoms with Gasteiger partial charge in [-0.15, -0.1) is 0 Å². The van der Waals surface area contributed by atoms with Crippen molar-refractivity contribution in [2.45, 2.75) is 38.0 Å². The Morgan fingerprint density at radius 3 is 2.29 bits per heavy atom. The summed E-state index contributed by atoms with van der Waals surface area (Å²) in [4.78, 5) is 33.5. The number of carbonyl (C=O) groups excluding carboxylic acids is 2. The third-order valence-corrected chi connectivity index (χ3v) is 7.82. The van der Waals surface area contributed by atoms with Crippen LogP contribution < -0.4 is 9.80 Å². The molecule has 0 unspecified atom stereocenters. The fourth-order valence-electron chi connectivity index (χ4n) is 4.03. The summed E-state index contributed by atoms with van der Waals surface area (Å²) in [6.07, 6.45) is 6.00. The Balaban J connectivity index is 1.63. The summed E-state index contributed by atoms with van der Waals surface area (Å²) in [5.41, 5.74) is 2.20. The Morgan fingerprint density at radius 1 is 0.971 bits per heavy atom. The lowest BCUT2D eigenvalue weighted by Gasteiger charge is -2.24. The van der Waals surface area contributed by atoms with Gasteiger partial charge in [-0.2, -0.15) is 0 Å². The monoisotopic (exact) mass is 491 g/mol. The fraction of sp³-hybridized carbons (Fsp3) is 0.296. The second-order valence-corrected chi connectivity index (χ2v) is 10.8. The quantitative estimate of drug-likeness (QED) is 0.420. The second kappa shape index (κ2) is 10.4. The van der Waals surface area contributed by atoms with E-state index < -0.39 is 9.84 Å². The third-order valence-electron chi connectivity index (χ3n) is 5.92. The highest BCUT2D eigenvalue weighted by Crippen LogP contribution is 2.33. The van der Waals surface area contributed by atoms with E-state index in [-0.39, 0.29) is 28.4 Å². The molecule has 182 valence electrons. The van der Waals surface area contributed by atoms with Crippen LogP contribution in [-0.2, 0) is 14.6 Å². The van der Waals surface area contributed by atoms with Crippen molar-refractivity contribution < 1.29 is 18.0 Å². The summed E-state index contributed by atoms with van der Waals surface area (Å²) in [7, 11) is -3.34. The Labute approximate surface area is 206 Å². The first-order valence-electron chi connectivity index (χ1n) is 11.8. The third kappa shape index (κ3) is 5.77. The molecule has 1 aromatic heterocycles. The van der Waals surface area contributed by atoms with Gasteiger partial charge in [0.1, 0.15) is 0 Å². The van der Waals surface area contributed by atoms with Gasteiger partial charge in [0.2, 0.25) is 5.91 Å². The van der Waals surface area contributed by atoms with E-state index >= 15 is 0 Å². The topological polar surface area (TPSA) is 87.7 Å². The van der Waals surface area contributed by atoms with Crippen LogP contribution in [0, 0.1) is 5.92 Å². The van der Waals surface area contributed by atoms with Crippen LogP contribution in [0.1, 0.15) is 43.5 Å². The maximum absolute atomic E-state index is 13.4. The number of anilines is 3. The molecule has 8 heteroatoms. The van der Waals surface area contributed by atoms with Crippen molar-refractivity contribution in [3.63, 3.8) is 0 Å². The summed E-state index contributed by atoms with van der Waals surface area (Å²) in [6, 6.07) is 16.9. The van der Waals surface area contributed by atoms with Crippen molar-refractivity contribution in [3.8, 4) is 0 Å². The molecule has 2 amide bonds. The highest BCUT2D eigenvalue weighted by atomic mass is 32.2. The van der Waals surface area contributed by atoms with E-state index in [9.17, 15) is 18.0 Å². The Morgan fingerprint density at radius 2 is 1.69 bits per heavy atom. The van der Waals surface area contributed by atoms with Crippen molar-refractivity contribution in [1.82, 2.24) is 4.98 Å². The number of sulfone groups is 1. The molecule has 7 nitrogen and oxygen atoms in total. The maximum atomic E-state index is 13.4. The standard InChI is InChI=1S/C27H29N3O4S/c1-3-16-29(25-8-5-15-28-18-25)27(32)22-6-4-7-24(17-22)30(20(2)31)23-11-13-26(14-12-23)35(33,34)19-21-9-10-21/h4-8,11-15,17-18,21H,3,9-10,16,19H2,1-2H3. The van der Waals surface area contributed by atoms with E-state index in [0.29, 0.717) is 29.2 Å². The molecule has 1 aliphatic carbocycles. The number of aromatic nitrogens is 1. The molecule has 0 bridgehead atoms. The van der Waals surface area contributed by atoms with Crippen LogP contribution in [0.25, 0.3) is 0 Å². The Hall–Kier alpha value is -3.52. The second-order valence-electron chi connectivity index (χ2n) is 8.79. The molecule has 0 saturated heterocycles. The number of hydrogen-bond donors (Lipinski definition) is 0. The van der Waals surface area contributed by atoms with Gasteiger partial charge < -0.3 is 4.90 Å². The predicted octanol–water partition coefficient (Wildman–Crippen LogP) is 5.01. The first-order valence-corrected chi connectivity index (χ1v) is 13.4. The van der Waals surface area contributed by atoms with Gasteiger partial charge in [-0.05, 0) is 79.8 Å². The van der Waals surface area contributed by atoms with Gasteiger partial charge in [0.25, 0.3) is 5.91 Å². The van der Waals surface area contributed by atoms with Crippen molar-refractivity contribution >= 4 is 38.7 Å². The van der Waals surface area contributed by atoms with Crippen molar-refractivity contribution in [2.24, 2.45) is 5.92 Å². The van der Waals surface area contributed by atoms with Crippen LogP contribution in [0.4, 0.5) is 17.1 Å². The molecule has 0 radical (unpaired) electrons. The lowest BCUT2D eigenvalue weighted by molar-refractivity contribution is -0.115. The van der Waals surface area contributed by atoms with Gasteiger partial charge >= 0.3 is 0 Å². The van der Waals surface area contributed by atoms with Gasteiger partial charge in [0.05, 0.1) is 22.5 Å². The zero-order valence-corrected chi connectivity index (χ0v) is 20.7. The molecular formula is C27H29N3O4S. The van der Waals surface area contributed by atoms with Crippen LogP contribution in [0.5, 0.6) is 0 Å². The zero-order valence-electron chi connectivity index (χ0n) is 19.9. The van der Waals surface area contributed by atoms with E-state index in [1.165, 1.54) is 11.8 Å². The summed E-state index contributed by atoms with van der Waals surface area (Å²) in [6.45, 7) is 3.96. The minimum atomic E-state index is -3.34. The van der Waals surface area contributed by atoms with E-state index in [1.54, 1.807) is 71.9 Å². The molecular weight excluding hydrogens is 462 g/mol. The smallest absolute Gasteiger partial charge is 0.258 e. The summed E-state index contributed by atoms with van der Waals surface area (Å²) >= 11 is 0. The van der Waals surface area contributed by atoms with E-state index in [2.05, 4.69) is 4.98 Å². The highest BCUT2D eigenvalue weighted by Gasteiger charge is 2.29. The fourth-order valence-corrected chi connectivity index (χ4v) is 5.72. The van der Waals surface area contributed by atoms with Crippen LogP contribution >= 0.6 is 0 Å². The van der Waals surface area contributed by atoms with Crippen LogP contribution in [0.3, 0.4) is 0 Å². The molecule has 1 saturated carbocycles. The molecule has 1 aliphatic rings. The lowest BCUT2D eigenvalue weighted by Crippen LogP contribution is -2.32. The molecule has 3 aromatic rings. The molecule has 1 fully saturated rings. The predicted molar refractivity (Wildman–Crippen MR) is 137 cm³/mol. The highest BCUT2D eigenvalue weighted by molar-refractivity contribution is 7.91. The molecule has 35 heavy (non-hydrogen) atoms. The van der Waals surface area contributed by atoms with Gasteiger partial charge in [-0.25, -0.2) is 8.42 Å². The number of carbonyl (C=O) groups is 2. The van der Waals surface area contributed by atoms with Crippen molar-refractivity contribution in [1.29, 1.82) is 0 Å². The first kappa shape index (κ1) is 24.6. The molecule has 0 atom stereocenters. The van der Waals surface area contributed by atoms with Gasteiger partial charge in [-0.3, -0.25) is 19.5 Å². The van der Waals surface area contributed by atoms with Crippen molar-refractivity contribution in [2.75, 3.05) is 22.1 Å². The van der Waals surface area contributed by atoms with Crippen LogP contribution in [0.2, 0.25) is 0 Å². The molecule has 0 aliphatic heterocycles. The average molecular weight is 492 g/mol. The zero-order chi connectivity index (χ0) is 25.0. The van der Waals surface area contributed by atoms with Gasteiger partial charge in [0, 0.05) is 36.6 Å². The summed E-state index contributed by atoms with van der Waals surface area (Å²) in [5.74, 6) is -0.0156. The van der Waals surface area contributed by atoms with Crippen LogP contribution in [-0.4, -0.2) is 37.5 Å². The largest absolute Gasteiger partial charge is 0.307 e. The number of amides is 2. The van der Waals surface area contributed by atoms with E-state index in [0.717, 1.165) is 19.3 Å². The Kier molecular flexibility index (Phi) is 7.31. The molecule has 0 spiro atoms.